The van der Waals surface area contributed by atoms with E-state index >= 15 is 0 Å². The molecule has 0 aliphatic rings. The van der Waals surface area contributed by atoms with Gasteiger partial charge in [-0.2, -0.15) is 5.10 Å². The highest BCUT2D eigenvalue weighted by Crippen LogP contribution is 2.42. The summed E-state index contributed by atoms with van der Waals surface area (Å²) in [6.07, 6.45) is 1.92. The molecule has 5 heteroatoms. The second-order valence-corrected chi connectivity index (χ2v) is 16.1. The minimum atomic E-state index is -0.00406. The first kappa shape index (κ1) is 35.1. The maximum absolute atomic E-state index is 6.85. The van der Waals surface area contributed by atoms with Crippen LogP contribution in [0.15, 0.2) is 121 Å². The summed E-state index contributed by atoms with van der Waals surface area (Å²) in [6, 6.07) is 41.0. The standard InChI is InChI=1S/C49H48N4O/c1-30(2)36-25-38(53-48(35-15-11-10-12-16-35)47(34(6)51-53)46-32(4)23-31(3)24-33(46)5)28-40(26-36)54-39-19-20-42-41-17-13-14-18-43(41)52(44(42)29-39)45-27-37(21-22-50-45)49(7,8)9/h10-30H,1-9H3. The van der Waals surface area contributed by atoms with Gasteiger partial charge in [-0.15, -0.1) is 0 Å². The molecule has 8 rings (SSSR count). The van der Waals surface area contributed by atoms with Crippen molar-refractivity contribution >= 4 is 21.8 Å². The van der Waals surface area contributed by atoms with E-state index < -0.39 is 0 Å². The minimum absolute atomic E-state index is 0.00406. The van der Waals surface area contributed by atoms with Crippen LogP contribution in [0.2, 0.25) is 0 Å². The first-order valence-corrected chi connectivity index (χ1v) is 18.9. The van der Waals surface area contributed by atoms with Crippen LogP contribution in [0.25, 0.3) is 55.7 Å². The van der Waals surface area contributed by atoms with Gasteiger partial charge in [0.2, 0.25) is 0 Å². The molecular weight excluding hydrogens is 661 g/mol. The summed E-state index contributed by atoms with van der Waals surface area (Å²) in [7, 11) is 0. The van der Waals surface area contributed by atoms with E-state index in [1.54, 1.807) is 0 Å². The molecule has 0 saturated heterocycles. The molecule has 5 nitrogen and oxygen atoms in total. The number of fused-ring (bicyclic) bond motifs is 3. The molecule has 0 amide bonds. The third-order valence-corrected chi connectivity index (χ3v) is 10.6. The van der Waals surface area contributed by atoms with Crippen molar-refractivity contribution in [2.45, 2.75) is 73.6 Å². The number of benzene rings is 5. The highest BCUT2D eigenvalue weighted by atomic mass is 16.5. The molecule has 0 radical (unpaired) electrons. The molecular formula is C49H48N4O. The van der Waals surface area contributed by atoms with E-state index in [0.29, 0.717) is 0 Å². The average Bonchev–Trinajstić information content (AvgIpc) is 3.65. The molecule has 0 N–H and O–H groups in total. The predicted molar refractivity (Wildman–Crippen MR) is 225 cm³/mol. The summed E-state index contributed by atoms with van der Waals surface area (Å²) in [5, 5.41) is 7.61. The molecule has 0 spiro atoms. The van der Waals surface area contributed by atoms with Crippen molar-refractivity contribution in [1.29, 1.82) is 0 Å². The second-order valence-electron chi connectivity index (χ2n) is 16.1. The van der Waals surface area contributed by atoms with Crippen LogP contribution in [0.5, 0.6) is 11.5 Å². The number of rotatable bonds is 7. The van der Waals surface area contributed by atoms with Crippen LogP contribution in [-0.2, 0) is 5.41 Å². The lowest BCUT2D eigenvalue weighted by molar-refractivity contribution is 0.481. The molecule has 0 aliphatic heterocycles. The molecule has 0 aliphatic carbocycles. The fourth-order valence-corrected chi connectivity index (χ4v) is 7.97. The van der Waals surface area contributed by atoms with Crippen LogP contribution in [0, 0.1) is 27.7 Å². The molecule has 0 saturated carbocycles. The van der Waals surface area contributed by atoms with Gasteiger partial charge in [0.05, 0.1) is 28.1 Å². The van der Waals surface area contributed by atoms with Crippen molar-refractivity contribution in [1.82, 2.24) is 19.3 Å². The Kier molecular flexibility index (Phi) is 8.76. The summed E-state index contributed by atoms with van der Waals surface area (Å²) < 4.78 is 11.2. The van der Waals surface area contributed by atoms with Crippen molar-refractivity contribution in [3.8, 4) is 45.4 Å². The molecule has 3 heterocycles. The Morgan fingerprint density at radius 2 is 1.35 bits per heavy atom. The minimum Gasteiger partial charge on any atom is -0.457 e. The summed E-state index contributed by atoms with van der Waals surface area (Å²) in [4.78, 5) is 4.88. The molecule has 0 unspecified atom stereocenters. The van der Waals surface area contributed by atoms with Gasteiger partial charge in [-0.05, 0) is 109 Å². The Hall–Kier alpha value is -5.94. The number of ether oxygens (including phenoxy) is 1. The van der Waals surface area contributed by atoms with Gasteiger partial charge in [0.25, 0.3) is 0 Å². The smallest absolute Gasteiger partial charge is 0.137 e. The quantitative estimate of drug-likeness (QED) is 0.166. The first-order chi connectivity index (χ1) is 25.9. The van der Waals surface area contributed by atoms with Crippen molar-refractivity contribution in [3.05, 3.63) is 155 Å². The van der Waals surface area contributed by atoms with E-state index in [9.17, 15) is 0 Å². The number of hydrogen-bond donors (Lipinski definition) is 0. The van der Waals surface area contributed by atoms with Gasteiger partial charge in [-0.1, -0.05) is 101 Å². The number of nitrogens with zero attached hydrogens (tertiary/aromatic N) is 4. The van der Waals surface area contributed by atoms with E-state index in [0.717, 1.165) is 61.9 Å². The fourth-order valence-electron chi connectivity index (χ4n) is 7.97. The largest absolute Gasteiger partial charge is 0.457 e. The number of aromatic nitrogens is 4. The van der Waals surface area contributed by atoms with Crippen molar-refractivity contribution in [3.63, 3.8) is 0 Å². The van der Waals surface area contributed by atoms with Crippen LogP contribution in [0.1, 0.15) is 74.0 Å². The van der Waals surface area contributed by atoms with Crippen LogP contribution in [0.4, 0.5) is 0 Å². The lowest BCUT2D eigenvalue weighted by atomic mass is 9.88. The van der Waals surface area contributed by atoms with Crippen LogP contribution in [0.3, 0.4) is 0 Å². The first-order valence-electron chi connectivity index (χ1n) is 18.9. The third kappa shape index (κ3) is 6.28. The summed E-state index contributed by atoms with van der Waals surface area (Å²) in [6.45, 7) is 19.9. The van der Waals surface area contributed by atoms with Gasteiger partial charge in [0.15, 0.2) is 0 Å². The van der Waals surface area contributed by atoms with E-state index in [1.165, 1.54) is 38.8 Å². The number of para-hydroxylation sites is 1. The fraction of sp³-hybridized carbons (Fsp3) is 0.224. The van der Waals surface area contributed by atoms with E-state index in [1.807, 2.05) is 6.20 Å². The van der Waals surface area contributed by atoms with Crippen LogP contribution >= 0.6 is 0 Å². The molecule has 0 atom stereocenters. The normalized spacial score (nSPS) is 12.0. The molecule has 0 fully saturated rings. The average molecular weight is 709 g/mol. The molecule has 0 bridgehead atoms. The lowest BCUT2D eigenvalue weighted by Crippen LogP contribution is -2.12. The maximum Gasteiger partial charge on any atom is 0.137 e. The summed E-state index contributed by atoms with van der Waals surface area (Å²) in [5.41, 5.74) is 14.9. The van der Waals surface area contributed by atoms with Gasteiger partial charge >= 0.3 is 0 Å². The number of pyridine rings is 1. The lowest BCUT2D eigenvalue weighted by Gasteiger charge is -2.20. The van der Waals surface area contributed by atoms with E-state index in [-0.39, 0.29) is 11.3 Å². The topological polar surface area (TPSA) is 44.9 Å². The zero-order valence-corrected chi connectivity index (χ0v) is 32.8. The maximum atomic E-state index is 6.85. The van der Waals surface area contributed by atoms with Gasteiger partial charge in [0, 0.05) is 40.2 Å². The number of aryl methyl sites for hydroxylation is 4. The SMILES string of the molecule is Cc1cc(C)c(-c2c(C)nn(-c3cc(Oc4ccc5c6ccccc6n(-c6cc(C(C)(C)C)ccn6)c5c4)cc(C(C)C)c3)c2-c2ccccc2)c(C)c1. The molecule has 270 valence electrons. The van der Waals surface area contributed by atoms with Gasteiger partial charge in [0.1, 0.15) is 17.3 Å². The van der Waals surface area contributed by atoms with Gasteiger partial charge < -0.3 is 4.74 Å². The van der Waals surface area contributed by atoms with Gasteiger partial charge in [-0.25, -0.2) is 9.67 Å². The zero-order chi connectivity index (χ0) is 37.9. The third-order valence-electron chi connectivity index (χ3n) is 10.6. The van der Waals surface area contributed by atoms with Gasteiger partial charge in [-0.3, -0.25) is 4.57 Å². The Labute approximate surface area is 318 Å². The molecule has 5 aromatic carbocycles. The monoisotopic (exact) mass is 708 g/mol. The Morgan fingerprint density at radius 1 is 0.648 bits per heavy atom. The Morgan fingerprint density at radius 3 is 2.07 bits per heavy atom. The highest BCUT2D eigenvalue weighted by Gasteiger charge is 2.24. The van der Waals surface area contributed by atoms with Crippen molar-refractivity contribution in [2.75, 3.05) is 0 Å². The highest BCUT2D eigenvalue weighted by molar-refractivity contribution is 6.09. The van der Waals surface area contributed by atoms with Crippen molar-refractivity contribution in [2.24, 2.45) is 0 Å². The zero-order valence-electron chi connectivity index (χ0n) is 32.8. The summed E-state index contributed by atoms with van der Waals surface area (Å²) in [5.74, 6) is 2.70. The van der Waals surface area contributed by atoms with E-state index in [4.69, 9.17) is 14.8 Å². The molecule has 8 aromatic rings. The van der Waals surface area contributed by atoms with Crippen LogP contribution < -0.4 is 4.74 Å². The van der Waals surface area contributed by atoms with Crippen LogP contribution in [-0.4, -0.2) is 19.3 Å². The van der Waals surface area contributed by atoms with E-state index in [2.05, 4.69) is 187 Å². The van der Waals surface area contributed by atoms with Crippen molar-refractivity contribution < 1.29 is 4.74 Å². The Balaban J connectivity index is 1.29. The number of hydrogen-bond acceptors (Lipinski definition) is 3. The molecule has 54 heavy (non-hydrogen) atoms. The summed E-state index contributed by atoms with van der Waals surface area (Å²) >= 11 is 0. The molecule has 3 aromatic heterocycles. The predicted octanol–water partition coefficient (Wildman–Crippen LogP) is 13.1. The Bertz CT molecular complexity index is 2660. The second kappa shape index (κ2) is 13.5.